The summed E-state index contributed by atoms with van der Waals surface area (Å²) in [4.78, 5) is 13.3. The van der Waals surface area contributed by atoms with Crippen LogP contribution in [0.25, 0.3) is 17.0 Å². The Kier molecular flexibility index (Phi) is 2.75. The van der Waals surface area contributed by atoms with Gasteiger partial charge in [-0.3, -0.25) is 4.98 Å². The van der Waals surface area contributed by atoms with Crippen molar-refractivity contribution >= 4 is 5.65 Å². The lowest BCUT2D eigenvalue weighted by Gasteiger charge is -2.15. The average Bonchev–Trinajstić information content (AvgIpc) is 2.90. The van der Waals surface area contributed by atoms with Gasteiger partial charge in [0.2, 0.25) is 11.8 Å². The van der Waals surface area contributed by atoms with Gasteiger partial charge in [0.15, 0.2) is 5.65 Å². The standard InChI is InChI=1S/C15H15N5O2/c1-8-15(17-10-5-3-2-4-9(10)16-8)11-6-12-18-13(21)7-14(22)20(12)19-11/h6-7,22H,2-5H2,1H3,(H,18,21). The molecule has 0 unspecified atom stereocenters. The average molecular weight is 297 g/mol. The molecule has 1 aliphatic carbocycles. The quantitative estimate of drug-likeness (QED) is 0.710. The Balaban J connectivity index is 1.90. The van der Waals surface area contributed by atoms with Gasteiger partial charge in [0.25, 0.3) is 0 Å². The molecule has 3 aromatic heterocycles. The zero-order chi connectivity index (χ0) is 15.3. The van der Waals surface area contributed by atoms with Gasteiger partial charge in [-0.05, 0) is 32.6 Å². The molecule has 0 saturated carbocycles. The SMILES string of the molecule is Cc1nc2c(nc1-c1cc3nc(O)cc(O)n3n1)CCCC2. The molecule has 2 N–H and O–H groups in total. The molecule has 1 aliphatic rings. The van der Waals surface area contributed by atoms with Gasteiger partial charge < -0.3 is 10.2 Å². The first-order valence-corrected chi connectivity index (χ1v) is 7.27. The topological polar surface area (TPSA) is 96.4 Å². The molecule has 0 aromatic carbocycles. The van der Waals surface area contributed by atoms with Gasteiger partial charge in [-0.2, -0.15) is 14.6 Å². The third-order valence-electron chi connectivity index (χ3n) is 3.94. The molecule has 0 aliphatic heterocycles. The highest BCUT2D eigenvalue weighted by Gasteiger charge is 2.18. The third-order valence-corrected chi connectivity index (χ3v) is 3.94. The van der Waals surface area contributed by atoms with E-state index in [1.807, 2.05) is 6.92 Å². The first-order valence-electron chi connectivity index (χ1n) is 7.27. The molecule has 112 valence electrons. The summed E-state index contributed by atoms with van der Waals surface area (Å²) in [5.74, 6) is -0.415. The number of rotatable bonds is 1. The highest BCUT2D eigenvalue weighted by molar-refractivity contribution is 5.63. The summed E-state index contributed by atoms with van der Waals surface area (Å²) >= 11 is 0. The van der Waals surface area contributed by atoms with E-state index in [0.717, 1.165) is 48.8 Å². The first kappa shape index (κ1) is 13.0. The van der Waals surface area contributed by atoms with Gasteiger partial charge >= 0.3 is 0 Å². The highest BCUT2D eigenvalue weighted by Crippen LogP contribution is 2.27. The van der Waals surface area contributed by atoms with Crippen LogP contribution >= 0.6 is 0 Å². The van der Waals surface area contributed by atoms with E-state index in [2.05, 4.69) is 15.1 Å². The Bertz CT molecular complexity index is 887. The lowest BCUT2D eigenvalue weighted by atomic mass is 10.00. The largest absolute Gasteiger partial charge is 0.493 e. The lowest BCUT2D eigenvalue weighted by Crippen LogP contribution is -2.10. The summed E-state index contributed by atoms with van der Waals surface area (Å²) in [7, 11) is 0. The minimum atomic E-state index is -0.246. The summed E-state index contributed by atoms with van der Waals surface area (Å²) in [6.45, 7) is 1.91. The van der Waals surface area contributed by atoms with Crippen molar-refractivity contribution in [1.82, 2.24) is 24.6 Å². The van der Waals surface area contributed by atoms with E-state index >= 15 is 0 Å². The summed E-state index contributed by atoms with van der Waals surface area (Å²) in [6, 6.07) is 2.83. The second-order valence-corrected chi connectivity index (χ2v) is 5.53. The maximum atomic E-state index is 9.84. The molecule has 0 bridgehead atoms. The number of hydrogen-bond donors (Lipinski definition) is 2. The Morgan fingerprint density at radius 2 is 1.73 bits per heavy atom. The van der Waals surface area contributed by atoms with Crippen LogP contribution in [0.5, 0.6) is 11.8 Å². The van der Waals surface area contributed by atoms with Crippen molar-refractivity contribution in [3.8, 4) is 23.1 Å². The summed E-state index contributed by atoms with van der Waals surface area (Å²) in [6.07, 6.45) is 4.20. The van der Waals surface area contributed by atoms with Crippen LogP contribution in [0.2, 0.25) is 0 Å². The molecule has 0 radical (unpaired) electrons. The predicted molar refractivity (Wildman–Crippen MR) is 78.7 cm³/mol. The molecule has 4 rings (SSSR count). The van der Waals surface area contributed by atoms with Crippen molar-refractivity contribution in [2.45, 2.75) is 32.6 Å². The first-order chi connectivity index (χ1) is 10.6. The molecular weight excluding hydrogens is 282 g/mol. The molecule has 3 aromatic rings. The number of fused-ring (bicyclic) bond motifs is 2. The van der Waals surface area contributed by atoms with Gasteiger partial charge in [0.05, 0.1) is 23.1 Å². The zero-order valence-electron chi connectivity index (χ0n) is 12.1. The minimum absolute atomic E-state index is 0.169. The Morgan fingerprint density at radius 1 is 1.00 bits per heavy atom. The summed E-state index contributed by atoms with van der Waals surface area (Å²) in [5.41, 5.74) is 4.58. The van der Waals surface area contributed by atoms with E-state index < -0.39 is 0 Å². The molecule has 0 atom stereocenters. The smallest absolute Gasteiger partial charge is 0.219 e. The van der Waals surface area contributed by atoms with E-state index in [9.17, 15) is 10.2 Å². The van der Waals surface area contributed by atoms with Crippen molar-refractivity contribution in [1.29, 1.82) is 0 Å². The maximum absolute atomic E-state index is 9.84. The van der Waals surface area contributed by atoms with Crippen molar-refractivity contribution < 1.29 is 10.2 Å². The van der Waals surface area contributed by atoms with Gasteiger partial charge in [-0.1, -0.05) is 0 Å². The Labute approximate surface area is 126 Å². The van der Waals surface area contributed by atoms with Gasteiger partial charge in [-0.25, -0.2) is 4.98 Å². The fourth-order valence-electron chi connectivity index (χ4n) is 2.89. The van der Waals surface area contributed by atoms with Crippen LogP contribution in [0.4, 0.5) is 0 Å². The van der Waals surface area contributed by atoms with Crippen LogP contribution in [-0.2, 0) is 12.8 Å². The fourth-order valence-corrected chi connectivity index (χ4v) is 2.89. The summed E-state index contributed by atoms with van der Waals surface area (Å²) < 4.78 is 1.27. The third kappa shape index (κ3) is 1.97. The van der Waals surface area contributed by atoms with Crippen LogP contribution < -0.4 is 0 Å². The van der Waals surface area contributed by atoms with Crippen molar-refractivity contribution in [2.75, 3.05) is 0 Å². The number of nitrogens with zero attached hydrogens (tertiary/aromatic N) is 5. The summed E-state index contributed by atoms with van der Waals surface area (Å²) in [5, 5.41) is 23.6. The Morgan fingerprint density at radius 3 is 2.50 bits per heavy atom. The molecule has 22 heavy (non-hydrogen) atoms. The van der Waals surface area contributed by atoms with Crippen LogP contribution in [0, 0.1) is 6.92 Å². The molecule has 0 spiro atoms. The zero-order valence-corrected chi connectivity index (χ0v) is 12.1. The molecule has 0 amide bonds. The van der Waals surface area contributed by atoms with E-state index in [1.165, 1.54) is 4.52 Å². The van der Waals surface area contributed by atoms with Crippen LogP contribution in [0.15, 0.2) is 12.1 Å². The van der Waals surface area contributed by atoms with Crippen molar-refractivity contribution in [3.63, 3.8) is 0 Å². The number of aromatic nitrogens is 5. The fraction of sp³-hybridized carbons (Fsp3) is 0.333. The maximum Gasteiger partial charge on any atom is 0.219 e. The van der Waals surface area contributed by atoms with Gasteiger partial charge in [-0.15, -0.1) is 0 Å². The monoisotopic (exact) mass is 297 g/mol. The molecule has 7 heteroatoms. The number of aromatic hydroxyl groups is 2. The highest BCUT2D eigenvalue weighted by atomic mass is 16.3. The lowest BCUT2D eigenvalue weighted by molar-refractivity contribution is 0.413. The normalized spacial score (nSPS) is 14.2. The molecule has 0 saturated heterocycles. The van der Waals surface area contributed by atoms with Crippen LogP contribution in [-0.4, -0.2) is 34.8 Å². The van der Waals surface area contributed by atoms with Crippen LogP contribution in [0.3, 0.4) is 0 Å². The second-order valence-electron chi connectivity index (χ2n) is 5.53. The van der Waals surface area contributed by atoms with E-state index in [0.29, 0.717) is 17.0 Å². The molecular formula is C15H15N5O2. The van der Waals surface area contributed by atoms with Gasteiger partial charge in [0.1, 0.15) is 11.4 Å². The molecule has 0 fully saturated rings. The van der Waals surface area contributed by atoms with Gasteiger partial charge in [0, 0.05) is 6.07 Å². The second kappa shape index (κ2) is 4.66. The van der Waals surface area contributed by atoms with E-state index in [-0.39, 0.29) is 11.8 Å². The molecule has 3 heterocycles. The number of hydrogen-bond acceptors (Lipinski definition) is 6. The minimum Gasteiger partial charge on any atom is -0.493 e. The van der Waals surface area contributed by atoms with Crippen molar-refractivity contribution in [3.05, 3.63) is 29.2 Å². The van der Waals surface area contributed by atoms with Crippen molar-refractivity contribution in [2.24, 2.45) is 0 Å². The van der Waals surface area contributed by atoms with E-state index in [4.69, 9.17) is 4.98 Å². The predicted octanol–water partition coefficient (Wildman–Crippen LogP) is 1.78. The van der Waals surface area contributed by atoms with Crippen LogP contribution in [0.1, 0.15) is 29.9 Å². The van der Waals surface area contributed by atoms with E-state index in [1.54, 1.807) is 6.07 Å². The number of aryl methyl sites for hydroxylation is 3. The molecule has 7 nitrogen and oxygen atoms in total. The Hall–Kier alpha value is -2.70.